The third-order valence-electron chi connectivity index (χ3n) is 7.07. The first-order valence-corrected chi connectivity index (χ1v) is 11.9. The highest BCUT2D eigenvalue weighted by atomic mass is 19.2. The van der Waals surface area contributed by atoms with Gasteiger partial charge < -0.3 is 19.4 Å². The molecule has 2 aromatic heterocycles. The van der Waals surface area contributed by atoms with Crippen LogP contribution in [0.2, 0.25) is 0 Å². The van der Waals surface area contributed by atoms with E-state index in [1.54, 1.807) is 12.3 Å². The maximum absolute atomic E-state index is 14.0. The van der Waals surface area contributed by atoms with Gasteiger partial charge in [-0.15, -0.1) is 0 Å². The van der Waals surface area contributed by atoms with Crippen LogP contribution in [0.3, 0.4) is 0 Å². The molecule has 1 N–H and O–H groups in total. The average Bonchev–Trinajstić information content (AvgIpc) is 3.61. The van der Waals surface area contributed by atoms with Crippen LogP contribution in [-0.4, -0.2) is 47.1 Å². The number of hydrogen-bond acceptors (Lipinski definition) is 5. The van der Waals surface area contributed by atoms with Gasteiger partial charge in [-0.2, -0.15) is 0 Å². The number of amides is 1. The quantitative estimate of drug-likeness (QED) is 0.460. The second kappa shape index (κ2) is 8.79. The molecule has 1 atom stereocenters. The van der Waals surface area contributed by atoms with Crippen molar-refractivity contribution < 1.29 is 23.0 Å². The predicted octanol–water partition coefficient (Wildman–Crippen LogP) is 3.38. The lowest BCUT2D eigenvalue weighted by Gasteiger charge is -2.20. The lowest BCUT2D eigenvalue weighted by molar-refractivity contribution is 0.0984. The van der Waals surface area contributed by atoms with Gasteiger partial charge >= 0.3 is 0 Å². The van der Waals surface area contributed by atoms with Crippen LogP contribution in [0.15, 0.2) is 35.3 Å². The summed E-state index contributed by atoms with van der Waals surface area (Å²) in [5, 5.41) is 0. The summed E-state index contributed by atoms with van der Waals surface area (Å²) in [5.41, 5.74) is 3.14. The summed E-state index contributed by atoms with van der Waals surface area (Å²) in [6.45, 7) is 1.82. The Morgan fingerprint density at radius 3 is 2.83 bits per heavy atom. The second-order valence-corrected chi connectivity index (χ2v) is 9.34. The van der Waals surface area contributed by atoms with Crippen molar-refractivity contribution in [1.29, 1.82) is 0 Å². The molecule has 1 fully saturated rings. The highest BCUT2D eigenvalue weighted by Gasteiger charge is 2.29. The first-order chi connectivity index (χ1) is 17.4. The Bertz CT molecular complexity index is 1570. The Kier molecular flexibility index (Phi) is 5.57. The fourth-order valence-corrected chi connectivity index (χ4v) is 5.28. The van der Waals surface area contributed by atoms with Crippen molar-refractivity contribution in [2.45, 2.75) is 25.9 Å². The van der Waals surface area contributed by atoms with Crippen LogP contribution in [0.5, 0.6) is 0 Å². The Labute approximate surface area is 204 Å². The van der Waals surface area contributed by atoms with E-state index >= 15 is 0 Å². The van der Waals surface area contributed by atoms with Crippen LogP contribution in [0.1, 0.15) is 33.7 Å². The number of anilines is 1. The van der Waals surface area contributed by atoms with E-state index in [4.69, 9.17) is 9.47 Å². The zero-order valence-corrected chi connectivity index (χ0v) is 19.6. The summed E-state index contributed by atoms with van der Waals surface area (Å²) in [6.07, 6.45) is 3.59. The SMILES string of the molecule is COCc1cc2c(cc1C(=O)N1CCc3cc(F)c(F)cc31)[nH]c(=O)c1cnc(CC3CCOC3)n12. The van der Waals surface area contributed by atoms with Crippen LogP contribution in [0.25, 0.3) is 16.6 Å². The molecule has 2 aliphatic heterocycles. The predicted molar refractivity (Wildman–Crippen MR) is 128 cm³/mol. The highest BCUT2D eigenvalue weighted by Crippen LogP contribution is 2.33. The minimum atomic E-state index is -1.00. The molecule has 2 aromatic carbocycles. The number of aromatic amines is 1. The smallest absolute Gasteiger partial charge is 0.274 e. The van der Waals surface area contributed by atoms with E-state index in [9.17, 15) is 18.4 Å². The molecule has 1 saturated heterocycles. The molecule has 0 saturated carbocycles. The number of fused-ring (bicyclic) bond motifs is 4. The Balaban J connectivity index is 1.48. The fourth-order valence-electron chi connectivity index (χ4n) is 5.28. The molecule has 4 heterocycles. The number of halogens is 2. The van der Waals surface area contributed by atoms with Gasteiger partial charge in [0.25, 0.3) is 11.5 Å². The maximum Gasteiger partial charge on any atom is 0.274 e. The van der Waals surface area contributed by atoms with E-state index < -0.39 is 11.6 Å². The van der Waals surface area contributed by atoms with Crippen molar-refractivity contribution >= 4 is 28.1 Å². The van der Waals surface area contributed by atoms with Crippen LogP contribution >= 0.6 is 0 Å². The van der Waals surface area contributed by atoms with Gasteiger partial charge in [-0.25, -0.2) is 13.8 Å². The Morgan fingerprint density at radius 2 is 2.06 bits per heavy atom. The van der Waals surface area contributed by atoms with E-state index in [1.165, 1.54) is 12.0 Å². The molecular formula is C26H24F2N4O4. The molecule has 0 spiro atoms. The van der Waals surface area contributed by atoms with Gasteiger partial charge in [0.2, 0.25) is 0 Å². The molecule has 0 bridgehead atoms. The van der Waals surface area contributed by atoms with Gasteiger partial charge in [0.05, 0.1) is 29.5 Å². The van der Waals surface area contributed by atoms with Crippen molar-refractivity contribution in [3.05, 3.63) is 75.0 Å². The molecule has 8 nitrogen and oxygen atoms in total. The molecule has 10 heteroatoms. The number of aromatic nitrogens is 3. The Morgan fingerprint density at radius 1 is 1.22 bits per heavy atom. The number of rotatable bonds is 5. The maximum atomic E-state index is 14.0. The third-order valence-corrected chi connectivity index (χ3v) is 7.07. The van der Waals surface area contributed by atoms with Crippen LogP contribution in [0, 0.1) is 17.6 Å². The first-order valence-electron chi connectivity index (χ1n) is 11.9. The fraction of sp³-hybridized carbons (Fsp3) is 0.346. The summed E-state index contributed by atoms with van der Waals surface area (Å²) in [7, 11) is 1.53. The standard InChI is InChI=1S/C26H24F2N4O4/c1-35-13-16-8-22-20(30-25(33)23-11-29-24(32(22)23)6-14-3-5-36-12-14)9-17(16)26(34)31-4-2-15-7-18(27)19(28)10-21(15)31/h7-11,14H,2-6,12-13H2,1H3,(H,30,33). The van der Waals surface area contributed by atoms with E-state index in [0.717, 1.165) is 31.0 Å². The summed E-state index contributed by atoms with van der Waals surface area (Å²) >= 11 is 0. The molecule has 1 unspecified atom stereocenters. The summed E-state index contributed by atoms with van der Waals surface area (Å²) < 4.78 is 40.4. The van der Waals surface area contributed by atoms with E-state index in [1.807, 2.05) is 10.5 Å². The molecule has 36 heavy (non-hydrogen) atoms. The van der Waals surface area contributed by atoms with E-state index in [2.05, 4.69) is 9.97 Å². The largest absolute Gasteiger partial charge is 0.381 e. The van der Waals surface area contributed by atoms with Crippen molar-refractivity contribution in [3.8, 4) is 0 Å². The number of carbonyl (C=O) groups is 1. The number of benzene rings is 2. The zero-order chi connectivity index (χ0) is 25.0. The van der Waals surface area contributed by atoms with Crippen LogP contribution in [0.4, 0.5) is 14.5 Å². The number of nitrogens with one attached hydrogen (secondary N) is 1. The van der Waals surface area contributed by atoms with E-state index in [0.29, 0.717) is 70.8 Å². The van der Waals surface area contributed by atoms with Crippen molar-refractivity contribution in [2.75, 3.05) is 31.8 Å². The Hall–Kier alpha value is -3.63. The number of H-pyrrole nitrogens is 1. The van der Waals surface area contributed by atoms with Gasteiger partial charge in [0.15, 0.2) is 11.6 Å². The molecule has 6 rings (SSSR count). The topological polar surface area (TPSA) is 88.9 Å². The summed E-state index contributed by atoms with van der Waals surface area (Å²) in [4.78, 5) is 35.4. The molecule has 0 radical (unpaired) electrons. The minimum absolute atomic E-state index is 0.149. The van der Waals surface area contributed by atoms with Crippen molar-refractivity contribution in [3.63, 3.8) is 0 Å². The van der Waals surface area contributed by atoms with Gasteiger partial charge in [-0.05, 0) is 48.1 Å². The zero-order valence-electron chi connectivity index (χ0n) is 19.6. The molecule has 0 aliphatic carbocycles. The minimum Gasteiger partial charge on any atom is -0.381 e. The van der Waals surface area contributed by atoms with Gasteiger partial charge in [0, 0.05) is 44.9 Å². The third kappa shape index (κ3) is 3.68. The lowest BCUT2D eigenvalue weighted by Crippen LogP contribution is -2.30. The second-order valence-electron chi connectivity index (χ2n) is 9.34. The van der Waals surface area contributed by atoms with Gasteiger partial charge in [0.1, 0.15) is 11.3 Å². The number of ether oxygens (including phenoxy) is 2. The monoisotopic (exact) mass is 494 g/mol. The van der Waals surface area contributed by atoms with Gasteiger partial charge in [-0.1, -0.05) is 0 Å². The van der Waals surface area contributed by atoms with Crippen molar-refractivity contribution in [2.24, 2.45) is 5.92 Å². The molecular weight excluding hydrogens is 470 g/mol. The first kappa shape index (κ1) is 22.8. The molecule has 1 amide bonds. The molecule has 4 aromatic rings. The highest BCUT2D eigenvalue weighted by molar-refractivity contribution is 6.09. The van der Waals surface area contributed by atoms with Crippen LogP contribution in [-0.2, 0) is 28.9 Å². The summed E-state index contributed by atoms with van der Waals surface area (Å²) in [5.74, 6) is -1.23. The van der Waals surface area contributed by atoms with Crippen LogP contribution < -0.4 is 10.5 Å². The average molecular weight is 494 g/mol. The van der Waals surface area contributed by atoms with Crippen molar-refractivity contribution in [1.82, 2.24) is 14.4 Å². The lowest BCUT2D eigenvalue weighted by atomic mass is 10.0. The number of nitrogens with zero attached hydrogens (tertiary/aromatic N) is 3. The molecule has 2 aliphatic rings. The molecule has 186 valence electrons. The number of carbonyl (C=O) groups excluding carboxylic acids is 1. The van der Waals surface area contributed by atoms with Gasteiger partial charge in [-0.3, -0.25) is 14.0 Å². The number of imidazole rings is 1. The number of methoxy groups -OCH3 is 1. The van der Waals surface area contributed by atoms with E-state index in [-0.39, 0.29) is 18.1 Å². The number of hydrogen-bond donors (Lipinski definition) is 1. The normalized spacial score (nSPS) is 17.4. The summed E-state index contributed by atoms with van der Waals surface area (Å²) in [6, 6.07) is 5.65.